The van der Waals surface area contributed by atoms with Crippen molar-refractivity contribution in [1.82, 2.24) is 9.88 Å². The molecule has 2 aromatic carbocycles. The molecule has 0 bridgehead atoms. The number of anilines is 1. The van der Waals surface area contributed by atoms with Crippen LogP contribution in [-0.2, 0) is 13.0 Å². The van der Waals surface area contributed by atoms with Crippen molar-refractivity contribution in [2.45, 2.75) is 25.4 Å². The number of pyridine rings is 1. The van der Waals surface area contributed by atoms with E-state index in [0.717, 1.165) is 18.5 Å². The second-order valence-corrected chi connectivity index (χ2v) is 8.13. The van der Waals surface area contributed by atoms with Crippen LogP contribution < -0.4 is 4.90 Å². The molecule has 1 atom stereocenters. The summed E-state index contributed by atoms with van der Waals surface area (Å²) in [5.74, 6) is -0.892. The lowest BCUT2D eigenvalue weighted by Crippen LogP contribution is -2.17. The molecule has 0 amide bonds. The summed E-state index contributed by atoms with van der Waals surface area (Å²) in [7, 11) is 6.28. The Balaban J connectivity index is 1.59. The van der Waals surface area contributed by atoms with Crippen molar-refractivity contribution in [2.24, 2.45) is 0 Å². The maximum atomic E-state index is 11.5. The van der Waals surface area contributed by atoms with E-state index in [4.69, 9.17) is 0 Å². The smallest absolute Gasteiger partial charge is 0.336 e. The summed E-state index contributed by atoms with van der Waals surface area (Å²) >= 11 is 0. The van der Waals surface area contributed by atoms with Crippen LogP contribution in [-0.4, -0.2) is 42.1 Å². The van der Waals surface area contributed by atoms with E-state index in [1.807, 2.05) is 0 Å². The fourth-order valence-electron chi connectivity index (χ4n) is 4.46. The Morgan fingerprint density at radius 1 is 1.20 bits per heavy atom. The summed E-state index contributed by atoms with van der Waals surface area (Å²) < 4.78 is 0. The number of rotatable bonds is 6. The molecule has 1 aromatic heterocycles. The molecule has 0 saturated heterocycles. The Morgan fingerprint density at radius 3 is 2.77 bits per heavy atom. The van der Waals surface area contributed by atoms with Gasteiger partial charge in [0.2, 0.25) is 0 Å². The number of aromatic nitrogens is 1. The topological polar surface area (TPSA) is 56.7 Å². The molecule has 0 spiro atoms. The molecule has 30 heavy (non-hydrogen) atoms. The van der Waals surface area contributed by atoms with E-state index in [1.165, 1.54) is 34.1 Å². The van der Waals surface area contributed by atoms with E-state index in [2.05, 4.69) is 78.4 Å². The maximum Gasteiger partial charge on any atom is 0.336 e. The van der Waals surface area contributed by atoms with Crippen molar-refractivity contribution in [2.75, 3.05) is 26.0 Å². The number of nitrogens with zero attached hydrogens (tertiary/aromatic N) is 3. The highest BCUT2D eigenvalue weighted by Gasteiger charge is 2.28. The molecule has 0 aliphatic carbocycles. The summed E-state index contributed by atoms with van der Waals surface area (Å²) in [6.45, 7) is 0.900. The minimum absolute atomic E-state index is 0.278. The van der Waals surface area contributed by atoms with E-state index < -0.39 is 5.97 Å². The van der Waals surface area contributed by atoms with Crippen LogP contribution in [0.3, 0.4) is 0 Å². The van der Waals surface area contributed by atoms with Gasteiger partial charge < -0.3 is 10.0 Å². The molecule has 0 fully saturated rings. The van der Waals surface area contributed by atoms with Gasteiger partial charge in [-0.3, -0.25) is 9.88 Å². The quantitative estimate of drug-likeness (QED) is 0.653. The Kier molecular flexibility index (Phi) is 5.55. The van der Waals surface area contributed by atoms with Gasteiger partial charge in [0.25, 0.3) is 0 Å². The molecule has 3 aromatic rings. The normalized spacial score (nSPS) is 15.8. The lowest BCUT2D eigenvalue weighted by Gasteiger charge is -2.21. The first-order valence-electron chi connectivity index (χ1n) is 10.2. The number of hydrogen-bond acceptors (Lipinski definition) is 4. The Bertz CT molecular complexity index is 1080. The van der Waals surface area contributed by atoms with Crippen LogP contribution in [0, 0.1) is 0 Å². The van der Waals surface area contributed by atoms with Gasteiger partial charge in [0.05, 0.1) is 5.56 Å². The fourth-order valence-corrected chi connectivity index (χ4v) is 4.46. The number of fused-ring (bicyclic) bond motifs is 1. The van der Waals surface area contributed by atoms with Gasteiger partial charge >= 0.3 is 5.97 Å². The molecule has 1 aliphatic heterocycles. The van der Waals surface area contributed by atoms with Gasteiger partial charge in [-0.05, 0) is 60.3 Å². The number of aromatic carboxylic acids is 1. The third-order valence-corrected chi connectivity index (χ3v) is 5.97. The molecule has 1 N–H and O–H groups in total. The van der Waals surface area contributed by atoms with Gasteiger partial charge in [-0.15, -0.1) is 0 Å². The number of aryl methyl sites for hydroxylation is 1. The van der Waals surface area contributed by atoms with Gasteiger partial charge in [0, 0.05) is 50.3 Å². The van der Waals surface area contributed by atoms with Crippen LogP contribution in [0.5, 0.6) is 0 Å². The highest BCUT2D eigenvalue weighted by molar-refractivity contribution is 5.89. The number of carbonyl (C=O) groups is 1. The molecule has 5 heteroatoms. The van der Waals surface area contributed by atoms with Crippen LogP contribution in [0.15, 0.2) is 60.9 Å². The average Bonchev–Trinajstić information content (AvgIpc) is 3.06. The highest BCUT2D eigenvalue weighted by atomic mass is 16.4. The number of carboxylic acid groups (broad SMARTS) is 1. The fraction of sp³-hybridized carbons (Fsp3) is 0.280. The number of hydrogen-bond donors (Lipinski definition) is 1. The van der Waals surface area contributed by atoms with E-state index in [-0.39, 0.29) is 6.04 Å². The first kappa shape index (κ1) is 20.1. The van der Waals surface area contributed by atoms with Gasteiger partial charge in [0.1, 0.15) is 0 Å². The summed E-state index contributed by atoms with van der Waals surface area (Å²) in [6, 6.07) is 17.1. The number of carboxylic acids is 1. The van der Waals surface area contributed by atoms with Gasteiger partial charge in [-0.25, -0.2) is 4.79 Å². The molecule has 4 rings (SSSR count). The molecule has 0 radical (unpaired) electrons. The first-order valence-corrected chi connectivity index (χ1v) is 10.2. The molecule has 0 saturated carbocycles. The average molecular weight is 402 g/mol. The maximum absolute atomic E-state index is 11.5. The van der Waals surface area contributed by atoms with E-state index in [0.29, 0.717) is 12.0 Å². The molecule has 5 nitrogen and oxygen atoms in total. The molecular formula is C25H27N3O2. The van der Waals surface area contributed by atoms with Crippen molar-refractivity contribution < 1.29 is 9.90 Å². The summed E-state index contributed by atoms with van der Waals surface area (Å²) in [4.78, 5) is 20.1. The predicted octanol–water partition coefficient (Wildman–Crippen LogP) is 4.63. The van der Waals surface area contributed by atoms with E-state index in [1.54, 1.807) is 12.3 Å². The minimum atomic E-state index is -0.892. The first-order chi connectivity index (χ1) is 14.5. The number of para-hydroxylation sites is 1. The van der Waals surface area contributed by atoms with E-state index in [9.17, 15) is 9.90 Å². The molecular weight excluding hydrogens is 374 g/mol. The van der Waals surface area contributed by atoms with Crippen molar-refractivity contribution in [3.8, 4) is 11.1 Å². The third kappa shape index (κ3) is 3.81. The third-order valence-electron chi connectivity index (χ3n) is 5.97. The van der Waals surface area contributed by atoms with Gasteiger partial charge in [0.15, 0.2) is 0 Å². The van der Waals surface area contributed by atoms with Crippen molar-refractivity contribution in [3.63, 3.8) is 0 Å². The Morgan fingerprint density at radius 2 is 2.00 bits per heavy atom. The highest BCUT2D eigenvalue weighted by Crippen LogP contribution is 2.39. The van der Waals surface area contributed by atoms with Crippen LogP contribution in [0.1, 0.15) is 39.5 Å². The summed E-state index contributed by atoms with van der Waals surface area (Å²) in [5.41, 5.74) is 7.50. The Labute approximate surface area is 177 Å². The number of benzene rings is 2. The molecule has 1 aliphatic rings. The molecule has 0 unspecified atom stereocenters. The zero-order valence-electron chi connectivity index (χ0n) is 17.7. The van der Waals surface area contributed by atoms with E-state index >= 15 is 0 Å². The van der Waals surface area contributed by atoms with Crippen LogP contribution >= 0.6 is 0 Å². The van der Waals surface area contributed by atoms with Crippen LogP contribution in [0.25, 0.3) is 11.1 Å². The SMILES string of the molecule is CN(C)c1ccccc1-c1ccc2c(c1)CN(C)[C@H]2CCc1cnccc1C(=O)O. The van der Waals surface area contributed by atoms with Gasteiger partial charge in [-0.1, -0.05) is 30.3 Å². The Hall–Kier alpha value is -3.18. The van der Waals surface area contributed by atoms with Crippen molar-refractivity contribution in [1.29, 1.82) is 0 Å². The minimum Gasteiger partial charge on any atom is -0.478 e. The monoisotopic (exact) mass is 401 g/mol. The zero-order chi connectivity index (χ0) is 21.3. The second kappa shape index (κ2) is 8.28. The molecule has 154 valence electrons. The largest absolute Gasteiger partial charge is 0.478 e. The second-order valence-electron chi connectivity index (χ2n) is 8.13. The van der Waals surface area contributed by atoms with Crippen LogP contribution in [0.2, 0.25) is 0 Å². The van der Waals surface area contributed by atoms with Crippen molar-refractivity contribution in [3.05, 3.63) is 83.2 Å². The summed E-state index contributed by atoms with van der Waals surface area (Å²) in [6.07, 6.45) is 4.77. The summed E-state index contributed by atoms with van der Waals surface area (Å²) in [5, 5.41) is 9.43. The lowest BCUT2D eigenvalue weighted by atomic mass is 9.94. The molecule has 2 heterocycles. The van der Waals surface area contributed by atoms with Gasteiger partial charge in [-0.2, -0.15) is 0 Å². The van der Waals surface area contributed by atoms with Crippen LogP contribution in [0.4, 0.5) is 5.69 Å². The standard InChI is InChI=1S/C25H27N3O2/c1-27(2)23-7-5-4-6-20(23)17-8-10-21-19(14-17)16-28(3)24(21)11-9-18-15-26-13-12-22(18)25(29)30/h4-8,10,12-15,24H,9,11,16H2,1-3H3,(H,29,30)/t24-/m0/s1. The predicted molar refractivity (Wildman–Crippen MR) is 120 cm³/mol. The lowest BCUT2D eigenvalue weighted by molar-refractivity contribution is 0.0695. The van der Waals surface area contributed by atoms with Crippen molar-refractivity contribution >= 4 is 11.7 Å². The zero-order valence-corrected chi connectivity index (χ0v) is 17.7.